The number of nitrogen functional groups attached to an aromatic ring is 1. The number of anilines is 2. The maximum Gasteiger partial charge on any atom is 0.325 e. The number of nitrogens with one attached hydrogen (secondary N) is 1. The van der Waals surface area contributed by atoms with Crippen molar-refractivity contribution in [3.8, 4) is 0 Å². The molecule has 2 aromatic heterocycles. The van der Waals surface area contributed by atoms with Crippen molar-refractivity contribution >= 4 is 29.4 Å². The molecule has 3 aromatic rings. The van der Waals surface area contributed by atoms with Crippen LogP contribution in [0.4, 0.5) is 16.3 Å². The van der Waals surface area contributed by atoms with E-state index in [-0.39, 0.29) is 18.4 Å². The minimum Gasteiger partial charge on any atom is -0.384 e. The zero-order valence-corrected chi connectivity index (χ0v) is 20.6. The summed E-state index contributed by atoms with van der Waals surface area (Å²) < 4.78 is 0. The van der Waals surface area contributed by atoms with Gasteiger partial charge < -0.3 is 16.0 Å². The number of pyridine rings is 2. The van der Waals surface area contributed by atoms with Crippen LogP contribution in [0, 0.1) is 12.8 Å². The minimum absolute atomic E-state index is 0.269. The van der Waals surface area contributed by atoms with Gasteiger partial charge in [0.1, 0.15) is 11.9 Å². The van der Waals surface area contributed by atoms with Gasteiger partial charge in [-0.3, -0.25) is 19.5 Å². The summed E-state index contributed by atoms with van der Waals surface area (Å²) in [4.78, 5) is 50.8. The van der Waals surface area contributed by atoms with Crippen molar-refractivity contribution in [1.29, 1.82) is 0 Å². The molecular weight excluding hydrogens is 456 g/mol. The van der Waals surface area contributed by atoms with Crippen LogP contribution in [-0.4, -0.2) is 45.8 Å². The van der Waals surface area contributed by atoms with Crippen molar-refractivity contribution in [2.24, 2.45) is 5.92 Å². The van der Waals surface area contributed by atoms with Crippen molar-refractivity contribution < 1.29 is 14.4 Å². The van der Waals surface area contributed by atoms with Gasteiger partial charge in [-0.1, -0.05) is 31.2 Å². The molecule has 1 fully saturated rings. The second-order valence-electron chi connectivity index (χ2n) is 8.92. The number of benzene rings is 1. The smallest absolute Gasteiger partial charge is 0.325 e. The molecule has 4 rings (SSSR count). The number of likely N-dealkylation sites (N-methyl/N-ethyl adjacent to an activating group) is 1. The molecule has 3 heterocycles. The standard InChI is InChI=1S/C27H30N6O3/c1-4-22(20-8-6-5-7-17(20)2)31-27(36)33-24(26(35)32(3)19-10-12-29-13-11-19)21(25(33)34)15-18-9-14-30-23(28)16-18/h5-14,16,21-22,24H,4,15H2,1-3H3,(H2,28,30)(H,31,36)/t21-,22+,24+/m1/s1. The Bertz CT molecular complexity index is 1270. The van der Waals surface area contributed by atoms with Crippen LogP contribution >= 0.6 is 0 Å². The molecule has 1 saturated heterocycles. The van der Waals surface area contributed by atoms with Crippen molar-refractivity contribution in [2.45, 2.75) is 38.8 Å². The number of carbonyl (C=O) groups is 3. The predicted molar refractivity (Wildman–Crippen MR) is 137 cm³/mol. The highest BCUT2D eigenvalue weighted by Crippen LogP contribution is 2.33. The van der Waals surface area contributed by atoms with E-state index >= 15 is 0 Å². The zero-order valence-electron chi connectivity index (χ0n) is 20.6. The fraction of sp³-hybridized carbons (Fsp3) is 0.296. The van der Waals surface area contributed by atoms with Gasteiger partial charge in [0.2, 0.25) is 5.91 Å². The monoisotopic (exact) mass is 486 g/mol. The average Bonchev–Trinajstić information content (AvgIpc) is 2.89. The van der Waals surface area contributed by atoms with E-state index < -0.39 is 23.9 Å². The van der Waals surface area contributed by atoms with Crippen LogP contribution in [0.2, 0.25) is 0 Å². The number of aryl methyl sites for hydroxylation is 1. The Kier molecular flexibility index (Phi) is 7.28. The Balaban J connectivity index is 1.61. The molecule has 9 nitrogen and oxygen atoms in total. The van der Waals surface area contributed by atoms with E-state index in [1.165, 1.54) is 4.90 Å². The quantitative estimate of drug-likeness (QED) is 0.495. The number of urea groups is 1. The van der Waals surface area contributed by atoms with E-state index in [1.807, 2.05) is 38.1 Å². The zero-order chi connectivity index (χ0) is 25.8. The number of rotatable bonds is 7. The second kappa shape index (κ2) is 10.6. The number of imide groups is 1. The van der Waals surface area contributed by atoms with Crippen molar-refractivity contribution in [3.05, 3.63) is 83.8 Å². The van der Waals surface area contributed by atoms with E-state index in [1.54, 1.807) is 49.9 Å². The highest BCUT2D eigenvalue weighted by molar-refractivity contribution is 6.12. The number of nitrogens with two attached hydrogens (primary N) is 1. The average molecular weight is 487 g/mol. The Morgan fingerprint density at radius 3 is 2.53 bits per heavy atom. The van der Waals surface area contributed by atoms with Gasteiger partial charge in [-0.25, -0.2) is 9.78 Å². The van der Waals surface area contributed by atoms with Gasteiger partial charge in [0.25, 0.3) is 5.91 Å². The molecule has 1 aliphatic heterocycles. The molecule has 0 saturated carbocycles. The first kappa shape index (κ1) is 24.8. The van der Waals surface area contributed by atoms with Gasteiger partial charge in [-0.05, 0) is 60.7 Å². The molecular formula is C27H30N6O3. The molecule has 186 valence electrons. The van der Waals surface area contributed by atoms with E-state index in [0.29, 0.717) is 17.9 Å². The minimum atomic E-state index is -0.959. The molecule has 0 spiro atoms. The largest absolute Gasteiger partial charge is 0.384 e. The van der Waals surface area contributed by atoms with E-state index in [2.05, 4.69) is 15.3 Å². The Labute approximate surface area is 210 Å². The van der Waals surface area contributed by atoms with Gasteiger partial charge >= 0.3 is 6.03 Å². The number of likely N-dealkylation sites (tertiary alicyclic amines) is 1. The van der Waals surface area contributed by atoms with Crippen LogP contribution in [0.1, 0.15) is 36.1 Å². The normalized spacial score (nSPS) is 17.8. The Morgan fingerprint density at radius 1 is 1.14 bits per heavy atom. The molecule has 3 N–H and O–H groups in total. The Hall–Kier alpha value is -4.27. The number of hydrogen-bond acceptors (Lipinski definition) is 6. The number of β-lactam (4-membered cyclic amide) rings is 1. The first-order valence-corrected chi connectivity index (χ1v) is 11.9. The van der Waals surface area contributed by atoms with E-state index in [9.17, 15) is 14.4 Å². The number of nitrogens with zero attached hydrogens (tertiary/aromatic N) is 4. The molecule has 36 heavy (non-hydrogen) atoms. The molecule has 0 radical (unpaired) electrons. The number of amides is 4. The summed E-state index contributed by atoms with van der Waals surface area (Å²) in [6, 6.07) is 12.8. The van der Waals surface area contributed by atoms with Crippen LogP contribution in [0.15, 0.2) is 67.1 Å². The summed E-state index contributed by atoms with van der Waals surface area (Å²) in [6.07, 6.45) is 5.63. The Morgan fingerprint density at radius 2 is 1.86 bits per heavy atom. The molecule has 4 amide bonds. The first-order valence-electron chi connectivity index (χ1n) is 11.9. The van der Waals surface area contributed by atoms with E-state index in [4.69, 9.17) is 5.73 Å². The van der Waals surface area contributed by atoms with Crippen molar-refractivity contribution in [1.82, 2.24) is 20.2 Å². The molecule has 0 aliphatic carbocycles. The summed E-state index contributed by atoms with van der Waals surface area (Å²) in [5.41, 5.74) is 9.22. The van der Waals surface area contributed by atoms with E-state index in [0.717, 1.165) is 21.6 Å². The van der Waals surface area contributed by atoms with Gasteiger partial charge in [-0.2, -0.15) is 0 Å². The van der Waals surface area contributed by atoms with Crippen LogP contribution < -0.4 is 16.0 Å². The van der Waals surface area contributed by atoms with Crippen LogP contribution in [-0.2, 0) is 16.0 Å². The summed E-state index contributed by atoms with van der Waals surface area (Å²) in [5, 5.41) is 2.97. The van der Waals surface area contributed by atoms with Crippen LogP contribution in [0.5, 0.6) is 0 Å². The molecule has 9 heteroatoms. The lowest BCUT2D eigenvalue weighted by Crippen LogP contribution is -2.70. The fourth-order valence-electron chi connectivity index (χ4n) is 4.62. The summed E-state index contributed by atoms with van der Waals surface area (Å²) in [7, 11) is 1.63. The number of carbonyl (C=O) groups excluding carboxylic acids is 3. The predicted octanol–water partition coefficient (Wildman–Crippen LogP) is 3.26. The molecule has 3 atom stereocenters. The van der Waals surface area contributed by atoms with Gasteiger partial charge in [0.05, 0.1) is 12.0 Å². The first-order chi connectivity index (χ1) is 17.3. The van der Waals surface area contributed by atoms with Crippen LogP contribution in [0.25, 0.3) is 0 Å². The third-order valence-electron chi connectivity index (χ3n) is 6.64. The maximum absolute atomic E-state index is 13.6. The van der Waals surface area contributed by atoms with Gasteiger partial charge in [0, 0.05) is 31.3 Å². The van der Waals surface area contributed by atoms with Gasteiger partial charge in [0.15, 0.2) is 0 Å². The second-order valence-corrected chi connectivity index (χ2v) is 8.92. The van der Waals surface area contributed by atoms with Crippen molar-refractivity contribution in [3.63, 3.8) is 0 Å². The maximum atomic E-state index is 13.6. The number of hydrogen-bond donors (Lipinski definition) is 2. The highest BCUT2D eigenvalue weighted by atomic mass is 16.2. The summed E-state index contributed by atoms with van der Waals surface area (Å²) in [6.45, 7) is 3.94. The molecule has 1 aromatic carbocycles. The third-order valence-corrected chi connectivity index (χ3v) is 6.64. The summed E-state index contributed by atoms with van der Waals surface area (Å²) >= 11 is 0. The lowest BCUT2D eigenvalue weighted by Gasteiger charge is -2.46. The highest BCUT2D eigenvalue weighted by Gasteiger charge is 2.55. The SMILES string of the molecule is CC[C@H](NC(=O)N1C(=O)[C@H](Cc2ccnc(N)c2)[C@H]1C(=O)N(C)c1ccncc1)c1ccccc1C. The lowest BCUT2D eigenvalue weighted by atomic mass is 9.81. The van der Waals surface area contributed by atoms with Crippen molar-refractivity contribution in [2.75, 3.05) is 17.7 Å². The topological polar surface area (TPSA) is 122 Å². The lowest BCUT2D eigenvalue weighted by molar-refractivity contribution is -0.156. The molecule has 0 bridgehead atoms. The fourth-order valence-corrected chi connectivity index (χ4v) is 4.62. The van der Waals surface area contributed by atoms with Gasteiger partial charge in [-0.15, -0.1) is 0 Å². The summed E-state index contributed by atoms with van der Waals surface area (Å²) in [5.74, 6) is -1.13. The molecule has 1 aliphatic rings. The number of aromatic nitrogens is 2. The van der Waals surface area contributed by atoms with Crippen LogP contribution in [0.3, 0.4) is 0 Å². The molecule has 0 unspecified atom stereocenters. The third kappa shape index (κ3) is 4.91.